The van der Waals surface area contributed by atoms with Gasteiger partial charge in [-0.3, -0.25) is 9.78 Å². The molecule has 1 unspecified atom stereocenters. The molecule has 1 aromatic rings. The molecule has 1 heterocycles. The molecule has 0 amide bonds. The molecule has 0 N–H and O–H groups in total. The summed E-state index contributed by atoms with van der Waals surface area (Å²) in [6.45, 7) is 0. The minimum absolute atomic E-state index is 0.0481. The van der Waals surface area contributed by atoms with Crippen molar-refractivity contribution >= 4 is 5.78 Å². The van der Waals surface area contributed by atoms with Crippen LogP contribution in [0.5, 0.6) is 0 Å². The van der Waals surface area contributed by atoms with Crippen LogP contribution < -0.4 is 0 Å². The Labute approximate surface area is 114 Å². The van der Waals surface area contributed by atoms with E-state index in [0.29, 0.717) is 5.69 Å². The minimum atomic E-state index is -0.689. The zero-order chi connectivity index (χ0) is 13.5. The van der Waals surface area contributed by atoms with Crippen LogP contribution in [0.4, 0.5) is 0 Å². The molecule has 3 heteroatoms. The van der Waals surface area contributed by atoms with Gasteiger partial charge in [0.25, 0.3) is 0 Å². The van der Waals surface area contributed by atoms with Crippen molar-refractivity contribution in [2.75, 3.05) is 0 Å². The Kier molecular flexibility index (Phi) is 5.09. The van der Waals surface area contributed by atoms with Crippen LogP contribution in [0.25, 0.3) is 0 Å². The summed E-state index contributed by atoms with van der Waals surface area (Å²) in [5.41, 5.74) is 0.594. The Bertz CT molecular complexity index is 442. The molecule has 1 atom stereocenters. The lowest BCUT2D eigenvalue weighted by Gasteiger charge is -2.20. The van der Waals surface area contributed by atoms with Crippen molar-refractivity contribution in [3.8, 4) is 6.07 Å². The van der Waals surface area contributed by atoms with Gasteiger partial charge >= 0.3 is 0 Å². The summed E-state index contributed by atoms with van der Waals surface area (Å²) in [5.74, 6) is -0.569. The molecule has 0 saturated heterocycles. The smallest absolute Gasteiger partial charge is 0.159 e. The highest BCUT2D eigenvalue weighted by Crippen LogP contribution is 2.28. The van der Waals surface area contributed by atoms with Gasteiger partial charge in [-0.05, 0) is 25.0 Å². The molecule has 0 aliphatic heterocycles. The summed E-state index contributed by atoms with van der Waals surface area (Å²) in [7, 11) is 0. The maximum atomic E-state index is 12.5. The zero-order valence-electron chi connectivity index (χ0n) is 11.2. The molecule has 3 nitrogen and oxygen atoms in total. The van der Waals surface area contributed by atoms with E-state index in [1.165, 1.54) is 19.3 Å². The Morgan fingerprint density at radius 1 is 1.21 bits per heavy atom. The molecular formula is C16H20N2O. The first-order valence-electron chi connectivity index (χ1n) is 7.17. The number of carbonyl (C=O) groups is 1. The fraction of sp³-hybridized carbons (Fsp3) is 0.562. The fourth-order valence-corrected chi connectivity index (χ4v) is 2.80. The third-order valence-corrected chi connectivity index (χ3v) is 3.90. The van der Waals surface area contributed by atoms with Crippen LogP contribution in [0, 0.1) is 17.2 Å². The second kappa shape index (κ2) is 7.04. The number of hydrogen-bond donors (Lipinski definition) is 0. The van der Waals surface area contributed by atoms with Gasteiger partial charge in [-0.15, -0.1) is 0 Å². The van der Waals surface area contributed by atoms with E-state index in [4.69, 9.17) is 0 Å². The van der Waals surface area contributed by atoms with E-state index in [1.807, 2.05) is 6.07 Å². The maximum absolute atomic E-state index is 12.5. The quantitative estimate of drug-likeness (QED) is 0.830. The number of nitrogens with zero attached hydrogens (tertiary/aromatic N) is 2. The zero-order valence-corrected chi connectivity index (χ0v) is 11.2. The van der Waals surface area contributed by atoms with Gasteiger partial charge in [0, 0.05) is 12.1 Å². The lowest BCUT2D eigenvalue weighted by molar-refractivity contribution is -0.123. The number of Topliss-reactive ketones (excluding diaryl/α,β-unsaturated/α-hetero) is 1. The summed E-state index contributed by atoms with van der Waals surface area (Å²) < 4.78 is 0. The Morgan fingerprint density at radius 2 is 1.89 bits per heavy atom. The van der Waals surface area contributed by atoms with E-state index in [-0.39, 0.29) is 11.7 Å². The van der Waals surface area contributed by atoms with Crippen LogP contribution in [-0.4, -0.2) is 10.8 Å². The highest BCUT2D eigenvalue weighted by molar-refractivity contribution is 5.89. The number of pyridine rings is 1. The predicted molar refractivity (Wildman–Crippen MR) is 73.4 cm³/mol. The normalized spacial score (nSPS) is 18.9. The van der Waals surface area contributed by atoms with E-state index in [1.54, 1.807) is 18.3 Å². The molecule has 1 aromatic heterocycles. The number of carbonyl (C=O) groups excluding carboxylic acids is 1. The predicted octanol–water partition coefficient (Wildman–Crippen LogP) is 3.62. The molecule has 19 heavy (non-hydrogen) atoms. The highest BCUT2D eigenvalue weighted by Gasteiger charge is 2.28. The molecule has 1 saturated carbocycles. The van der Waals surface area contributed by atoms with E-state index in [9.17, 15) is 10.1 Å². The van der Waals surface area contributed by atoms with Gasteiger partial charge in [-0.1, -0.05) is 38.2 Å². The number of nitriles is 1. The summed E-state index contributed by atoms with van der Waals surface area (Å²) in [4.78, 5) is 16.7. The number of aromatic nitrogens is 1. The second-order valence-corrected chi connectivity index (χ2v) is 5.26. The van der Waals surface area contributed by atoms with Crippen LogP contribution >= 0.6 is 0 Å². The van der Waals surface area contributed by atoms with Crippen LogP contribution in [0.3, 0.4) is 0 Å². The fourth-order valence-electron chi connectivity index (χ4n) is 2.80. The van der Waals surface area contributed by atoms with Gasteiger partial charge in [-0.25, -0.2) is 0 Å². The van der Waals surface area contributed by atoms with Crippen molar-refractivity contribution < 1.29 is 4.79 Å². The number of rotatable bonds is 3. The van der Waals surface area contributed by atoms with Crippen LogP contribution in [0.15, 0.2) is 24.4 Å². The molecule has 1 aliphatic carbocycles. The molecule has 1 fully saturated rings. The lowest BCUT2D eigenvalue weighted by Crippen LogP contribution is -2.23. The van der Waals surface area contributed by atoms with Crippen molar-refractivity contribution in [1.29, 1.82) is 5.26 Å². The molecule has 1 aliphatic rings. The van der Waals surface area contributed by atoms with Crippen molar-refractivity contribution in [2.45, 2.75) is 50.9 Å². The third kappa shape index (κ3) is 3.64. The van der Waals surface area contributed by atoms with Gasteiger partial charge in [0.05, 0.1) is 11.8 Å². The highest BCUT2D eigenvalue weighted by atomic mass is 16.1. The first kappa shape index (κ1) is 13.7. The average molecular weight is 256 g/mol. The molecule has 0 aromatic carbocycles. The largest absolute Gasteiger partial charge is 0.297 e. The summed E-state index contributed by atoms with van der Waals surface area (Å²) >= 11 is 0. The Morgan fingerprint density at radius 3 is 2.47 bits per heavy atom. The minimum Gasteiger partial charge on any atom is -0.297 e. The van der Waals surface area contributed by atoms with E-state index in [2.05, 4.69) is 11.1 Å². The van der Waals surface area contributed by atoms with Crippen LogP contribution in [-0.2, 0) is 4.79 Å². The average Bonchev–Trinajstić information content (AvgIpc) is 2.40. The molecule has 2 rings (SSSR count). The summed E-state index contributed by atoms with van der Waals surface area (Å²) in [6.07, 6.45) is 9.43. The maximum Gasteiger partial charge on any atom is 0.159 e. The standard InChI is InChI=1S/C16H20N2O/c17-12-14(15-10-6-7-11-18-15)16(19)13-8-4-2-1-3-5-9-13/h6-7,10-11,13-14H,1-5,8-9H2. The first-order valence-corrected chi connectivity index (χ1v) is 7.17. The van der Waals surface area contributed by atoms with Gasteiger partial charge in [0.15, 0.2) is 5.78 Å². The van der Waals surface area contributed by atoms with Gasteiger partial charge in [0.1, 0.15) is 5.92 Å². The Hall–Kier alpha value is -1.69. The topological polar surface area (TPSA) is 53.8 Å². The van der Waals surface area contributed by atoms with E-state index in [0.717, 1.165) is 25.7 Å². The number of ketones is 1. The van der Waals surface area contributed by atoms with Crippen molar-refractivity contribution in [3.63, 3.8) is 0 Å². The van der Waals surface area contributed by atoms with Crippen molar-refractivity contribution in [3.05, 3.63) is 30.1 Å². The summed E-state index contributed by atoms with van der Waals surface area (Å²) in [5, 5.41) is 9.30. The summed E-state index contributed by atoms with van der Waals surface area (Å²) in [6, 6.07) is 7.55. The van der Waals surface area contributed by atoms with E-state index >= 15 is 0 Å². The molecular weight excluding hydrogens is 236 g/mol. The monoisotopic (exact) mass is 256 g/mol. The van der Waals surface area contributed by atoms with Crippen molar-refractivity contribution in [2.24, 2.45) is 5.92 Å². The SMILES string of the molecule is N#CC(C(=O)C1CCCCCCC1)c1ccccn1. The van der Waals surface area contributed by atoms with E-state index < -0.39 is 5.92 Å². The lowest BCUT2D eigenvalue weighted by atomic mass is 9.82. The van der Waals surface area contributed by atoms with Crippen molar-refractivity contribution in [1.82, 2.24) is 4.98 Å². The molecule has 0 spiro atoms. The third-order valence-electron chi connectivity index (χ3n) is 3.90. The second-order valence-electron chi connectivity index (χ2n) is 5.26. The Balaban J connectivity index is 2.09. The molecule has 0 bridgehead atoms. The van der Waals surface area contributed by atoms with Gasteiger partial charge in [-0.2, -0.15) is 5.26 Å². The van der Waals surface area contributed by atoms with Gasteiger partial charge in [0.2, 0.25) is 0 Å². The molecule has 100 valence electrons. The van der Waals surface area contributed by atoms with Crippen LogP contribution in [0.1, 0.15) is 56.6 Å². The molecule has 0 radical (unpaired) electrons. The van der Waals surface area contributed by atoms with Crippen LogP contribution in [0.2, 0.25) is 0 Å². The first-order chi connectivity index (χ1) is 9.33. The van der Waals surface area contributed by atoms with Gasteiger partial charge < -0.3 is 0 Å². The number of hydrogen-bond acceptors (Lipinski definition) is 3.